The molecule has 2 fully saturated rings. The van der Waals surface area contributed by atoms with Crippen LogP contribution in [0.5, 0.6) is 0 Å². The highest BCUT2D eigenvalue weighted by Crippen LogP contribution is 2.29. The van der Waals surface area contributed by atoms with Gasteiger partial charge in [0.05, 0.1) is 24.7 Å². The first kappa shape index (κ1) is 17.7. The van der Waals surface area contributed by atoms with Crippen molar-refractivity contribution in [3.05, 3.63) is 34.9 Å². The average Bonchev–Trinajstić information content (AvgIpc) is 2.92. The van der Waals surface area contributed by atoms with E-state index < -0.39 is 9.84 Å². The minimum Gasteiger partial charge on any atom is -0.370 e. The number of amides is 1. The summed E-state index contributed by atoms with van der Waals surface area (Å²) in [6, 6.07) is 7.52. The molecular formula is C17H22ClNO4S. The first-order valence-electron chi connectivity index (χ1n) is 8.29. The topological polar surface area (TPSA) is 63.7 Å². The van der Waals surface area contributed by atoms with Crippen LogP contribution in [0.4, 0.5) is 0 Å². The molecule has 132 valence electrons. The van der Waals surface area contributed by atoms with E-state index in [2.05, 4.69) is 0 Å². The highest BCUT2D eigenvalue weighted by Gasteiger charge is 2.30. The van der Waals surface area contributed by atoms with Crippen molar-refractivity contribution in [1.29, 1.82) is 0 Å². The lowest BCUT2D eigenvalue weighted by molar-refractivity contribution is -0.139. The van der Waals surface area contributed by atoms with E-state index in [1.54, 1.807) is 4.90 Å². The third kappa shape index (κ3) is 4.29. The van der Waals surface area contributed by atoms with Crippen molar-refractivity contribution in [1.82, 2.24) is 4.90 Å². The molecule has 5 nitrogen and oxygen atoms in total. The Morgan fingerprint density at radius 1 is 1.33 bits per heavy atom. The molecule has 2 saturated heterocycles. The Bertz CT molecular complexity index is 706. The number of carbonyl (C=O) groups excluding carboxylic acids is 1. The molecule has 2 unspecified atom stereocenters. The number of hydrogen-bond acceptors (Lipinski definition) is 4. The molecule has 3 rings (SSSR count). The van der Waals surface area contributed by atoms with Gasteiger partial charge in [0.15, 0.2) is 9.84 Å². The fourth-order valence-electron chi connectivity index (χ4n) is 3.39. The van der Waals surface area contributed by atoms with Gasteiger partial charge in [-0.25, -0.2) is 8.42 Å². The molecule has 2 aliphatic rings. The molecule has 0 aromatic heterocycles. The standard InChI is InChI=1S/C17H22ClNO4S/c18-15-4-2-1-3-14(15)16-11-19(8-9-23-16)17(20)6-5-13-7-10-24(21,22)12-13/h1-4,13,16H,5-12H2. The van der Waals surface area contributed by atoms with Crippen molar-refractivity contribution in [2.45, 2.75) is 25.4 Å². The van der Waals surface area contributed by atoms with Crippen molar-refractivity contribution in [2.75, 3.05) is 31.2 Å². The minimum atomic E-state index is -2.88. The third-order valence-electron chi connectivity index (χ3n) is 4.76. The summed E-state index contributed by atoms with van der Waals surface area (Å²) in [5.74, 6) is 0.683. The lowest BCUT2D eigenvalue weighted by Gasteiger charge is -2.33. The Morgan fingerprint density at radius 3 is 2.83 bits per heavy atom. The number of benzene rings is 1. The summed E-state index contributed by atoms with van der Waals surface area (Å²) < 4.78 is 28.8. The number of ether oxygens (including phenoxy) is 1. The predicted octanol–water partition coefficient (Wildman–Crippen LogP) is 2.45. The number of sulfone groups is 1. The Labute approximate surface area is 147 Å². The van der Waals surface area contributed by atoms with Crippen LogP contribution in [0.3, 0.4) is 0 Å². The number of rotatable bonds is 4. The maximum atomic E-state index is 12.5. The zero-order valence-corrected chi connectivity index (χ0v) is 15.1. The van der Waals surface area contributed by atoms with Crippen LogP contribution in [0.1, 0.15) is 30.9 Å². The molecule has 2 heterocycles. The van der Waals surface area contributed by atoms with E-state index in [0.717, 1.165) is 5.56 Å². The van der Waals surface area contributed by atoms with Gasteiger partial charge in [-0.05, 0) is 24.8 Å². The summed E-state index contributed by atoms with van der Waals surface area (Å²) in [6.45, 7) is 1.55. The number of hydrogen-bond donors (Lipinski definition) is 0. The number of morpholine rings is 1. The Balaban J connectivity index is 1.55. The molecular weight excluding hydrogens is 350 g/mol. The van der Waals surface area contributed by atoms with Gasteiger partial charge < -0.3 is 9.64 Å². The van der Waals surface area contributed by atoms with Gasteiger partial charge in [0, 0.05) is 23.6 Å². The highest BCUT2D eigenvalue weighted by molar-refractivity contribution is 7.91. The molecule has 2 atom stereocenters. The van der Waals surface area contributed by atoms with Crippen molar-refractivity contribution in [3.63, 3.8) is 0 Å². The third-order valence-corrected chi connectivity index (χ3v) is 6.95. The minimum absolute atomic E-state index is 0.0691. The van der Waals surface area contributed by atoms with Crippen molar-refractivity contribution >= 4 is 27.3 Å². The Hall–Kier alpha value is -1.11. The maximum absolute atomic E-state index is 12.5. The van der Waals surface area contributed by atoms with Crippen LogP contribution in [0.2, 0.25) is 5.02 Å². The maximum Gasteiger partial charge on any atom is 0.222 e. The van der Waals surface area contributed by atoms with Crippen LogP contribution in [-0.2, 0) is 19.4 Å². The zero-order valence-electron chi connectivity index (χ0n) is 13.5. The normalized spacial score (nSPS) is 26.5. The highest BCUT2D eigenvalue weighted by atomic mass is 35.5. The average molecular weight is 372 g/mol. The van der Waals surface area contributed by atoms with E-state index in [0.29, 0.717) is 44.0 Å². The van der Waals surface area contributed by atoms with E-state index in [1.807, 2.05) is 24.3 Å². The monoisotopic (exact) mass is 371 g/mol. The van der Waals surface area contributed by atoms with Crippen LogP contribution in [-0.4, -0.2) is 50.4 Å². The summed E-state index contributed by atoms with van der Waals surface area (Å²) in [5, 5.41) is 0.646. The molecule has 1 aromatic rings. The first-order valence-corrected chi connectivity index (χ1v) is 10.5. The fourth-order valence-corrected chi connectivity index (χ4v) is 5.55. The quantitative estimate of drug-likeness (QED) is 0.815. The van der Waals surface area contributed by atoms with Gasteiger partial charge in [0.25, 0.3) is 0 Å². The second kappa shape index (κ2) is 7.42. The summed E-state index contributed by atoms with van der Waals surface area (Å²) in [6.07, 6.45) is 1.52. The second-order valence-corrected chi connectivity index (χ2v) is 9.16. The van der Waals surface area contributed by atoms with Crippen LogP contribution >= 0.6 is 11.6 Å². The number of nitrogens with zero attached hydrogens (tertiary/aromatic N) is 1. The molecule has 0 aliphatic carbocycles. The van der Waals surface area contributed by atoms with E-state index in [4.69, 9.17) is 16.3 Å². The molecule has 1 aromatic carbocycles. The Kier molecular flexibility index (Phi) is 5.47. The second-order valence-electron chi connectivity index (χ2n) is 6.53. The van der Waals surface area contributed by atoms with E-state index in [1.165, 1.54) is 0 Å². The summed E-state index contributed by atoms with van der Waals surface area (Å²) in [4.78, 5) is 14.3. The molecule has 0 N–H and O–H groups in total. The molecule has 2 aliphatic heterocycles. The predicted molar refractivity (Wildman–Crippen MR) is 92.7 cm³/mol. The fraction of sp³-hybridized carbons (Fsp3) is 0.588. The van der Waals surface area contributed by atoms with Crippen molar-refractivity contribution < 1.29 is 17.9 Å². The smallest absolute Gasteiger partial charge is 0.222 e. The Morgan fingerprint density at radius 2 is 2.12 bits per heavy atom. The van der Waals surface area contributed by atoms with Gasteiger partial charge in [0.1, 0.15) is 6.10 Å². The van der Waals surface area contributed by atoms with Gasteiger partial charge in [-0.1, -0.05) is 29.8 Å². The molecule has 7 heteroatoms. The summed E-state index contributed by atoms with van der Waals surface area (Å²) >= 11 is 6.22. The number of halogens is 1. The lowest BCUT2D eigenvalue weighted by atomic mass is 10.0. The molecule has 0 radical (unpaired) electrons. The van der Waals surface area contributed by atoms with Crippen LogP contribution in [0.25, 0.3) is 0 Å². The van der Waals surface area contributed by atoms with Gasteiger partial charge in [-0.2, -0.15) is 0 Å². The van der Waals surface area contributed by atoms with Crippen molar-refractivity contribution in [3.8, 4) is 0 Å². The molecule has 1 amide bonds. The van der Waals surface area contributed by atoms with Gasteiger partial charge in [-0.15, -0.1) is 0 Å². The van der Waals surface area contributed by atoms with Gasteiger partial charge >= 0.3 is 0 Å². The van der Waals surface area contributed by atoms with Gasteiger partial charge in [0.2, 0.25) is 5.91 Å². The van der Waals surface area contributed by atoms with Crippen LogP contribution in [0, 0.1) is 5.92 Å². The number of carbonyl (C=O) groups is 1. The lowest BCUT2D eigenvalue weighted by Crippen LogP contribution is -2.42. The SMILES string of the molecule is O=C(CCC1CCS(=O)(=O)C1)N1CCOC(c2ccccc2Cl)C1. The van der Waals surface area contributed by atoms with Crippen LogP contribution < -0.4 is 0 Å². The van der Waals surface area contributed by atoms with Crippen molar-refractivity contribution in [2.24, 2.45) is 5.92 Å². The summed E-state index contributed by atoms with van der Waals surface area (Å²) in [5.41, 5.74) is 0.901. The van der Waals surface area contributed by atoms with Gasteiger partial charge in [-0.3, -0.25) is 4.79 Å². The van der Waals surface area contributed by atoms with Crippen LogP contribution in [0.15, 0.2) is 24.3 Å². The molecule has 0 saturated carbocycles. The van der Waals surface area contributed by atoms with E-state index in [-0.39, 0.29) is 29.4 Å². The molecule has 0 bridgehead atoms. The molecule has 0 spiro atoms. The zero-order chi connectivity index (χ0) is 17.2. The molecule has 24 heavy (non-hydrogen) atoms. The summed E-state index contributed by atoms with van der Waals surface area (Å²) in [7, 11) is -2.88. The van der Waals surface area contributed by atoms with E-state index in [9.17, 15) is 13.2 Å². The largest absolute Gasteiger partial charge is 0.370 e. The van der Waals surface area contributed by atoms with E-state index >= 15 is 0 Å². The first-order chi connectivity index (χ1) is 11.4.